The third-order valence-corrected chi connectivity index (χ3v) is 3.08. The third-order valence-electron chi connectivity index (χ3n) is 3.08. The van der Waals surface area contributed by atoms with Crippen LogP contribution in [0.4, 0.5) is 18.9 Å². The van der Waals surface area contributed by atoms with Gasteiger partial charge in [-0.2, -0.15) is 8.78 Å². The van der Waals surface area contributed by atoms with Gasteiger partial charge in [0.05, 0.1) is 11.8 Å². The molecule has 1 aromatic rings. The van der Waals surface area contributed by atoms with Gasteiger partial charge in [-0.1, -0.05) is 0 Å². The van der Waals surface area contributed by atoms with E-state index < -0.39 is 30.2 Å². The Bertz CT molecular complexity index is 513. The van der Waals surface area contributed by atoms with Crippen molar-refractivity contribution in [3.8, 4) is 5.75 Å². The molecule has 1 aliphatic rings. The summed E-state index contributed by atoms with van der Waals surface area (Å²) in [5.41, 5.74) is 5.40. The minimum absolute atomic E-state index is 0.0403. The molecule has 3 N–H and O–H groups in total. The Balaban J connectivity index is 2.06. The van der Waals surface area contributed by atoms with Gasteiger partial charge in [-0.3, -0.25) is 4.79 Å². The smallest absolute Gasteiger partial charge is 0.387 e. The first kappa shape index (κ1) is 15.6. The summed E-state index contributed by atoms with van der Waals surface area (Å²) in [7, 11) is 0. The maximum atomic E-state index is 13.1. The zero-order valence-electron chi connectivity index (χ0n) is 11.0. The normalized spacial score (nSPS) is 21.6. The summed E-state index contributed by atoms with van der Waals surface area (Å²) in [6, 6.07) is 2.96. The molecule has 0 saturated carbocycles. The number of carbonyl (C=O) groups is 1. The Morgan fingerprint density at radius 1 is 1.48 bits per heavy atom. The van der Waals surface area contributed by atoms with E-state index in [4.69, 9.17) is 10.5 Å². The molecule has 0 bridgehead atoms. The maximum Gasteiger partial charge on any atom is 0.387 e. The molecule has 1 amide bonds. The highest BCUT2D eigenvalue weighted by Gasteiger charge is 2.30. The second-order valence-corrected chi connectivity index (χ2v) is 4.57. The molecule has 1 heterocycles. The summed E-state index contributed by atoms with van der Waals surface area (Å²) in [6.45, 7) is -2.81. The van der Waals surface area contributed by atoms with Crippen molar-refractivity contribution in [2.75, 3.05) is 11.9 Å². The Morgan fingerprint density at radius 2 is 2.24 bits per heavy atom. The summed E-state index contributed by atoms with van der Waals surface area (Å²) in [5, 5.41) is 2.40. The molecule has 0 aliphatic carbocycles. The summed E-state index contributed by atoms with van der Waals surface area (Å²) in [6.07, 6.45) is 0.243. The van der Waals surface area contributed by atoms with Crippen LogP contribution in [0.25, 0.3) is 0 Å². The van der Waals surface area contributed by atoms with Gasteiger partial charge in [0.2, 0.25) is 0 Å². The van der Waals surface area contributed by atoms with Gasteiger partial charge in [0, 0.05) is 12.6 Å². The van der Waals surface area contributed by atoms with Crippen molar-refractivity contribution < 1.29 is 27.4 Å². The minimum Gasteiger partial charge on any atom is -0.432 e. The van der Waals surface area contributed by atoms with Crippen molar-refractivity contribution in [1.29, 1.82) is 0 Å². The number of alkyl halides is 2. The molecular formula is C13H15F3N2O3. The molecule has 1 aliphatic heterocycles. The fourth-order valence-electron chi connectivity index (χ4n) is 2.08. The van der Waals surface area contributed by atoms with Gasteiger partial charge in [-0.15, -0.1) is 0 Å². The monoisotopic (exact) mass is 304 g/mol. The number of anilines is 1. The minimum atomic E-state index is -3.12. The van der Waals surface area contributed by atoms with E-state index >= 15 is 0 Å². The number of benzene rings is 1. The van der Waals surface area contributed by atoms with E-state index in [9.17, 15) is 18.0 Å². The van der Waals surface area contributed by atoms with Crippen molar-refractivity contribution in [3.05, 3.63) is 24.0 Å². The Morgan fingerprint density at radius 3 is 2.86 bits per heavy atom. The number of nitrogens with two attached hydrogens (primary N) is 1. The van der Waals surface area contributed by atoms with Crippen LogP contribution in [0.5, 0.6) is 5.75 Å². The number of ether oxygens (including phenoxy) is 2. The average molecular weight is 304 g/mol. The second-order valence-electron chi connectivity index (χ2n) is 4.57. The Kier molecular flexibility index (Phi) is 5.03. The van der Waals surface area contributed by atoms with Crippen molar-refractivity contribution in [3.63, 3.8) is 0 Å². The number of hydrogen-bond acceptors (Lipinski definition) is 4. The van der Waals surface area contributed by atoms with Gasteiger partial charge in [0.25, 0.3) is 5.91 Å². The number of hydrogen-bond donors (Lipinski definition) is 2. The van der Waals surface area contributed by atoms with Crippen LogP contribution in [-0.2, 0) is 9.53 Å². The molecule has 2 rings (SSSR count). The zero-order valence-corrected chi connectivity index (χ0v) is 11.0. The van der Waals surface area contributed by atoms with Crippen LogP contribution >= 0.6 is 0 Å². The first-order valence-electron chi connectivity index (χ1n) is 6.40. The SMILES string of the molecule is NC[C@H]1CC[C@@H](C(=O)Nc2ccc(F)cc2OC(F)F)O1. The second kappa shape index (κ2) is 6.77. The molecule has 0 radical (unpaired) electrons. The van der Waals surface area contributed by atoms with E-state index in [1.54, 1.807) is 0 Å². The molecule has 0 aromatic heterocycles. The molecule has 116 valence electrons. The van der Waals surface area contributed by atoms with Gasteiger partial charge in [-0.25, -0.2) is 4.39 Å². The summed E-state index contributed by atoms with van der Waals surface area (Å²) in [5.74, 6) is -1.69. The van der Waals surface area contributed by atoms with E-state index in [1.165, 1.54) is 0 Å². The van der Waals surface area contributed by atoms with E-state index in [1.807, 2.05) is 0 Å². The van der Waals surface area contributed by atoms with E-state index in [0.717, 1.165) is 18.2 Å². The van der Waals surface area contributed by atoms with Crippen molar-refractivity contribution >= 4 is 11.6 Å². The van der Waals surface area contributed by atoms with E-state index in [-0.39, 0.29) is 11.8 Å². The maximum absolute atomic E-state index is 13.1. The first-order chi connectivity index (χ1) is 9.99. The Labute approximate surface area is 119 Å². The van der Waals surface area contributed by atoms with Crippen LogP contribution in [0, 0.1) is 5.82 Å². The highest BCUT2D eigenvalue weighted by atomic mass is 19.3. The molecule has 2 atom stereocenters. The lowest BCUT2D eigenvalue weighted by atomic mass is 10.2. The standard InChI is InChI=1S/C13H15F3N2O3/c14-7-1-3-9(11(5-7)21-13(15)16)18-12(19)10-4-2-8(6-17)20-10/h1,3,5,8,10,13H,2,4,6,17H2,(H,18,19)/t8-,10+/m1/s1. The van der Waals surface area contributed by atoms with Crippen LogP contribution in [0.3, 0.4) is 0 Å². The lowest BCUT2D eigenvalue weighted by Crippen LogP contribution is -2.30. The quantitative estimate of drug-likeness (QED) is 0.871. The predicted octanol–water partition coefficient (Wildman–Crippen LogP) is 1.87. The third kappa shape index (κ3) is 4.08. The topological polar surface area (TPSA) is 73.6 Å². The molecule has 0 unspecified atom stereocenters. The van der Waals surface area contributed by atoms with Crippen LogP contribution in [0.1, 0.15) is 12.8 Å². The average Bonchev–Trinajstić information content (AvgIpc) is 2.90. The molecule has 21 heavy (non-hydrogen) atoms. The van der Waals surface area contributed by atoms with Crippen LogP contribution in [0.2, 0.25) is 0 Å². The van der Waals surface area contributed by atoms with Gasteiger partial charge >= 0.3 is 6.61 Å². The van der Waals surface area contributed by atoms with Crippen LogP contribution in [0.15, 0.2) is 18.2 Å². The van der Waals surface area contributed by atoms with Crippen molar-refractivity contribution in [2.45, 2.75) is 31.7 Å². The molecule has 8 heteroatoms. The van der Waals surface area contributed by atoms with Crippen LogP contribution < -0.4 is 15.8 Å². The van der Waals surface area contributed by atoms with Crippen LogP contribution in [-0.4, -0.2) is 31.3 Å². The van der Waals surface area contributed by atoms with Gasteiger partial charge in [-0.05, 0) is 25.0 Å². The first-order valence-corrected chi connectivity index (χ1v) is 6.40. The van der Waals surface area contributed by atoms with Gasteiger partial charge in [0.15, 0.2) is 5.75 Å². The summed E-state index contributed by atoms with van der Waals surface area (Å²) >= 11 is 0. The Hall–Kier alpha value is -1.80. The number of amides is 1. The summed E-state index contributed by atoms with van der Waals surface area (Å²) in [4.78, 5) is 12.0. The van der Waals surface area contributed by atoms with Gasteiger partial charge < -0.3 is 20.5 Å². The largest absolute Gasteiger partial charge is 0.432 e. The predicted molar refractivity (Wildman–Crippen MR) is 68.6 cm³/mol. The highest BCUT2D eigenvalue weighted by Crippen LogP contribution is 2.28. The zero-order chi connectivity index (χ0) is 15.4. The number of nitrogens with one attached hydrogen (secondary N) is 1. The lowest BCUT2D eigenvalue weighted by molar-refractivity contribution is -0.126. The molecular weight excluding hydrogens is 289 g/mol. The molecule has 5 nitrogen and oxygen atoms in total. The number of rotatable bonds is 5. The molecule has 0 spiro atoms. The molecule has 1 fully saturated rings. The fourth-order valence-corrected chi connectivity index (χ4v) is 2.08. The van der Waals surface area contributed by atoms with Gasteiger partial charge in [0.1, 0.15) is 11.9 Å². The number of halogens is 3. The van der Waals surface area contributed by atoms with Crippen molar-refractivity contribution in [1.82, 2.24) is 0 Å². The summed E-state index contributed by atoms with van der Waals surface area (Å²) < 4.78 is 47.2. The molecule has 1 aromatic carbocycles. The van der Waals surface area contributed by atoms with Crippen molar-refractivity contribution in [2.24, 2.45) is 5.73 Å². The fraction of sp³-hybridized carbons (Fsp3) is 0.462. The molecule has 1 saturated heterocycles. The van der Waals surface area contributed by atoms with E-state index in [0.29, 0.717) is 19.4 Å². The lowest BCUT2D eigenvalue weighted by Gasteiger charge is -2.15. The van der Waals surface area contributed by atoms with E-state index in [2.05, 4.69) is 10.1 Å². The number of carbonyl (C=O) groups excluding carboxylic acids is 1. The highest BCUT2D eigenvalue weighted by molar-refractivity contribution is 5.95.